The summed E-state index contributed by atoms with van der Waals surface area (Å²) in [7, 11) is 0. The smallest absolute Gasteiger partial charge is 0.108 e. The molecule has 0 saturated carbocycles. The molecular weight excluding hydrogens is 194 g/mol. The highest BCUT2D eigenvalue weighted by molar-refractivity contribution is 4.89. The van der Waals surface area contributed by atoms with Gasteiger partial charge >= 0.3 is 0 Å². The maximum atomic E-state index is 5.38. The molecule has 0 saturated heterocycles. The van der Waals surface area contributed by atoms with Gasteiger partial charge in [-0.05, 0) is 13.3 Å². The molecule has 1 aromatic heterocycles. The van der Waals surface area contributed by atoms with Gasteiger partial charge in [-0.3, -0.25) is 4.68 Å². The molecule has 0 fully saturated rings. The molecule has 86 valence electrons. The summed E-state index contributed by atoms with van der Waals surface area (Å²) in [5.41, 5.74) is 0.868. The normalized spacial score (nSPS) is 10.8. The van der Waals surface area contributed by atoms with Crippen LogP contribution < -0.4 is 0 Å². The van der Waals surface area contributed by atoms with Gasteiger partial charge in [0, 0.05) is 13.2 Å². The second-order valence-corrected chi connectivity index (χ2v) is 3.23. The van der Waals surface area contributed by atoms with E-state index in [-0.39, 0.29) is 0 Å². The van der Waals surface area contributed by atoms with E-state index in [9.17, 15) is 0 Å². The molecule has 5 heteroatoms. The number of aromatic nitrogens is 3. The summed E-state index contributed by atoms with van der Waals surface area (Å²) < 4.78 is 12.4. The molecule has 1 rings (SSSR count). The van der Waals surface area contributed by atoms with Gasteiger partial charge in [-0.2, -0.15) is 0 Å². The third-order valence-corrected chi connectivity index (χ3v) is 1.88. The number of aryl methyl sites for hydroxylation is 1. The SMILES string of the molecule is CCCOCCOCc1cn(CC)nn1. The Balaban J connectivity index is 2.04. The van der Waals surface area contributed by atoms with E-state index in [0.29, 0.717) is 19.8 Å². The fraction of sp³-hybridized carbons (Fsp3) is 0.800. The van der Waals surface area contributed by atoms with E-state index >= 15 is 0 Å². The minimum absolute atomic E-state index is 0.509. The summed E-state index contributed by atoms with van der Waals surface area (Å²) in [5, 5.41) is 7.89. The molecule has 0 aliphatic heterocycles. The largest absolute Gasteiger partial charge is 0.379 e. The third-order valence-electron chi connectivity index (χ3n) is 1.88. The molecule has 5 nitrogen and oxygen atoms in total. The molecule has 15 heavy (non-hydrogen) atoms. The number of ether oxygens (including phenoxy) is 2. The van der Waals surface area contributed by atoms with Crippen LogP contribution >= 0.6 is 0 Å². The van der Waals surface area contributed by atoms with Crippen LogP contribution in [0.25, 0.3) is 0 Å². The van der Waals surface area contributed by atoms with Gasteiger partial charge in [0.25, 0.3) is 0 Å². The molecule has 0 aliphatic rings. The first-order valence-corrected chi connectivity index (χ1v) is 5.41. The van der Waals surface area contributed by atoms with Gasteiger partial charge in [0.1, 0.15) is 5.69 Å². The van der Waals surface area contributed by atoms with Crippen molar-refractivity contribution in [2.24, 2.45) is 0 Å². The van der Waals surface area contributed by atoms with Gasteiger partial charge in [0.05, 0.1) is 26.0 Å². The average molecular weight is 213 g/mol. The molecule has 0 N–H and O–H groups in total. The van der Waals surface area contributed by atoms with Crippen LogP contribution in [0.3, 0.4) is 0 Å². The van der Waals surface area contributed by atoms with E-state index in [1.807, 2.05) is 13.1 Å². The predicted octanol–water partition coefficient (Wildman–Crippen LogP) is 1.24. The highest BCUT2D eigenvalue weighted by atomic mass is 16.5. The highest BCUT2D eigenvalue weighted by Gasteiger charge is 1.98. The first-order valence-electron chi connectivity index (χ1n) is 5.41. The van der Waals surface area contributed by atoms with Gasteiger partial charge in [0.15, 0.2) is 0 Å². The van der Waals surface area contributed by atoms with Gasteiger partial charge in [-0.1, -0.05) is 12.1 Å². The lowest BCUT2D eigenvalue weighted by Gasteiger charge is -2.02. The molecule has 0 radical (unpaired) electrons. The van der Waals surface area contributed by atoms with Crippen LogP contribution in [0.4, 0.5) is 0 Å². The third kappa shape index (κ3) is 4.90. The van der Waals surface area contributed by atoms with Crippen molar-refractivity contribution in [2.45, 2.75) is 33.4 Å². The van der Waals surface area contributed by atoms with Crippen molar-refractivity contribution in [1.29, 1.82) is 0 Å². The zero-order valence-corrected chi connectivity index (χ0v) is 9.48. The van der Waals surface area contributed by atoms with Crippen molar-refractivity contribution in [3.63, 3.8) is 0 Å². The molecule has 0 amide bonds. The zero-order valence-electron chi connectivity index (χ0n) is 9.48. The standard InChI is InChI=1S/C10H19N3O2/c1-3-5-14-6-7-15-9-10-8-13(4-2)12-11-10/h8H,3-7,9H2,1-2H3. The van der Waals surface area contributed by atoms with E-state index < -0.39 is 0 Å². The van der Waals surface area contributed by atoms with Crippen molar-refractivity contribution >= 4 is 0 Å². The Labute approximate surface area is 90.4 Å². The van der Waals surface area contributed by atoms with Crippen LogP contribution in [0.15, 0.2) is 6.20 Å². The Bertz CT molecular complexity index is 263. The quantitative estimate of drug-likeness (QED) is 0.610. The van der Waals surface area contributed by atoms with Crippen LogP contribution in [-0.4, -0.2) is 34.8 Å². The summed E-state index contributed by atoms with van der Waals surface area (Å²) in [6.45, 7) is 7.52. The van der Waals surface area contributed by atoms with Crippen molar-refractivity contribution < 1.29 is 9.47 Å². The molecule has 1 aromatic rings. The highest BCUT2D eigenvalue weighted by Crippen LogP contribution is 1.95. The lowest BCUT2D eigenvalue weighted by Crippen LogP contribution is -2.05. The summed E-state index contributed by atoms with van der Waals surface area (Å²) >= 11 is 0. The predicted molar refractivity (Wildman–Crippen MR) is 56.5 cm³/mol. The van der Waals surface area contributed by atoms with Crippen LogP contribution in [0, 0.1) is 0 Å². The van der Waals surface area contributed by atoms with E-state index in [0.717, 1.165) is 25.3 Å². The lowest BCUT2D eigenvalue weighted by atomic mass is 10.5. The Morgan fingerprint density at radius 2 is 2.00 bits per heavy atom. The molecule has 0 atom stereocenters. The molecule has 0 aromatic carbocycles. The molecule has 0 aliphatic carbocycles. The van der Waals surface area contributed by atoms with Crippen LogP contribution in [-0.2, 0) is 22.6 Å². The Kier molecular flexibility index (Phi) is 5.96. The van der Waals surface area contributed by atoms with Gasteiger partial charge in [-0.25, -0.2) is 0 Å². The van der Waals surface area contributed by atoms with Crippen molar-refractivity contribution in [3.05, 3.63) is 11.9 Å². The van der Waals surface area contributed by atoms with E-state index in [1.54, 1.807) is 4.68 Å². The number of hydrogen-bond acceptors (Lipinski definition) is 4. The van der Waals surface area contributed by atoms with E-state index in [2.05, 4.69) is 17.2 Å². The maximum absolute atomic E-state index is 5.38. The lowest BCUT2D eigenvalue weighted by molar-refractivity contribution is 0.0397. The van der Waals surface area contributed by atoms with Crippen molar-refractivity contribution in [3.8, 4) is 0 Å². The fourth-order valence-corrected chi connectivity index (χ4v) is 1.10. The minimum atomic E-state index is 0.509. The van der Waals surface area contributed by atoms with Crippen LogP contribution in [0.1, 0.15) is 26.0 Å². The monoisotopic (exact) mass is 213 g/mol. The average Bonchev–Trinajstić information content (AvgIpc) is 2.71. The maximum Gasteiger partial charge on any atom is 0.108 e. The fourth-order valence-electron chi connectivity index (χ4n) is 1.10. The Morgan fingerprint density at radius 3 is 2.67 bits per heavy atom. The number of hydrogen-bond donors (Lipinski definition) is 0. The van der Waals surface area contributed by atoms with E-state index in [1.165, 1.54) is 0 Å². The van der Waals surface area contributed by atoms with Crippen LogP contribution in [0.2, 0.25) is 0 Å². The topological polar surface area (TPSA) is 49.2 Å². The first-order chi connectivity index (χ1) is 7.36. The van der Waals surface area contributed by atoms with Gasteiger partial charge < -0.3 is 9.47 Å². The van der Waals surface area contributed by atoms with E-state index in [4.69, 9.17) is 9.47 Å². The Hall–Kier alpha value is -0.940. The Morgan fingerprint density at radius 1 is 1.20 bits per heavy atom. The molecular formula is C10H19N3O2. The van der Waals surface area contributed by atoms with Crippen molar-refractivity contribution in [2.75, 3.05) is 19.8 Å². The molecule has 0 spiro atoms. The van der Waals surface area contributed by atoms with Gasteiger partial charge in [0.2, 0.25) is 0 Å². The van der Waals surface area contributed by atoms with Gasteiger partial charge in [-0.15, -0.1) is 5.10 Å². The molecule has 1 heterocycles. The summed E-state index contributed by atoms with van der Waals surface area (Å²) in [4.78, 5) is 0. The summed E-state index contributed by atoms with van der Waals surface area (Å²) in [6, 6.07) is 0. The summed E-state index contributed by atoms with van der Waals surface area (Å²) in [6.07, 6.45) is 2.94. The number of rotatable bonds is 8. The number of nitrogens with zero attached hydrogens (tertiary/aromatic N) is 3. The zero-order chi connectivity index (χ0) is 10.9. The van der Waals surface area contributed by atoms with Crippen LogP contribution in [0.5, 0.6) is 0 Å². The molecule has 0 bridgehead atoms. The molecule has 0 unspecified atom stereocenters. The van der Waals surface area contributed by atoms with Crippen molar-refractivity contribution in [1.82, 2.24) is 15.0 Å². The first kappa shape index (κ1) is 12.1. The summed E-state index contributed by atoms with van der Waals surface area (Å²) in [5.74, 6) is 0. The second-order valence-electron chi connectivity index (χ2n) is 3.23. The minimum Gasteiger partial charge on any atom is -0.379 e. The second kappa shape index (κ2) is 7.36.